The second kappa shape index (κ2) is 11.5. The van der Waals surface area contributed by atoms with Crippen LogP contribution in [0.4, 0.5) is 0 Å². The standard InChI is InChI=1S/C16H34N2O2/c1-4-15-7-8-17-16(13-15)14-18(9-11-19-5-2)10-12-20-6-3/h15-17H,4-14H2,1-3H3. The highest BCUT2D eigenvalue weighted by atomic mass is 16.5. The van der Waals surface area contributed by atoms with E-state index in [0.29, 0.717) is 6.04 Å². The Morgan fingerprint density at radius 1 is 1.05 bits per heavy atom. The number of piperidine rings is 1. The van der Waals surface area contributed by atoms with Crippen LogP contribution in [0.2, 0.25) is 0 Å². The van der Waals surface area contributed by atoms with E-state index in [4.69, 9.17) is 9.47 Å². The van der Waals surface area contributed by atoms with Gasteiger partial charge in [0.1, 0.15) is 0 Å². The molecule has 0 aromatic heterocycles. The van der Waals surface area contributed by atoms with E-state index in [0.717, 1.165) is 52.0 Å². The molecule has 1 rings (SSSR count). The van der Waals surface area contributed by atoms with E-state index in [1.807, 2.05) is 0 Å². The fraction of sp³-hybridized carbons (Fsp3) is 1.00. The lowest BCUT2D eigenvalue weighted by atomic mass is 9.90. The van der Waals surface area contributed by atoms with Gasteiger partial charge in [0.05, 0.1) is 13.2 Å². The molecule has 2 unspecified atom stereocenters. The summed E-state index contributed by atoms with van der Waals surface area (Å²) in [5.41, 5.74) is 0. The average molecular weight is 286 g/mol. The van der Waals surface area contributed by atoms with Crippen molar-refractivity contribution in [1.82, 2.24) is 10.2 Å². The summed E-state index contributed by atoms with van der Waals surface area (Å²) >= 11 is 0. The molecule has 0 saturated carbocycles. The number of nitrogens with one attached hydrogen (secondary N) is 1. The maximum atomic E-state index is 5.50. The van der Waals surface area contributed by atoms with E-state index in [2.05, 4.69) is 31.0 Å². The second-order valence-corrected chi connectivity index (χ2v) is 5.64. The molecule has 20 heavy (non-hydrogen) atoms. The van der Waals surface area contributed by atoms with Gasteiger partial charge < -0.3 is 14.8 Å². The van der Waals surface area contributed by atoms with Crippen molar-refractivity contribution in [3.8, 4) is 0 Å². The molecule has 1 heterocycles. The van der Waals surface area contributed by atoms with Gasteiger partial charge in [0.25, 0.3) is 0 Å². The normalized spacial score (nSPS) is 23.4. The van der Waals surface area contributed by atoms with Crippen LogP contribution in [-0.2, 0) is 9.47 Å². The molecule has 0 bridgehead atoms. The lowest BCUT2D eigenvalue weighted by Crippen LogP contribution is -2.47. The van der Waals surface area contributed by atoms with Crippen molar-refractivity contribution in [2.75, 3.05) is 52.6 Å². The lowest BCUT2D eigenvalue weighted by molar-refractivity contribution is 0.0747. The maximum absolute atomic E-state index is 5.50. The first-order chi connectivity index (χ1) is 9.80. The topological polar surface area (TPSA) is 33.7 Å². The van der Waals surface area contributed by atoms with Gasteiger partial charge in [-0.25, -0.2) is 0 Å². The van der Waals surface area contributed by atoms with Gasteiger partial charge in [0.2, 0.25) is 0 Å². The van der Waals surface area contributed by atoms with E-state index < -0.39 is 0 Å². The Hall–Kier alpha value is -0.160. The summed E-state index contributed by atoms with van der Waals surface area (Å²) in [6, 6.07) is 0.636. The number of hydrogen-bond donors (Lipinski definition) is 1. The SMILES string of the molecule is CCOCCN(CCOCC)CC1CC(CC)CCN1. The lowest BCUT2D eigenvalue weighted by Gasteiger charge is -2.34. The van der Waals surface area contributed by atoms with Crippen LogP contribution in [0.1, 0.15) is 40.0 Å². The van der Waals surface area contributed by atoms with Crippen LogP contribution in [0.3, 0.4) is 0 Å². The molecule has 120 valence electrons. The zero-order valence-corrected chi connectivity index (χ0v) is 13.7. The van der Waals surface area contributed by atoms with E-state index in [1.165, 1.54) is 25.8 Å². The fourth-order valence-electron chi connectivity index (χ4n) is 2.89. The molecule has 0 aromatic carbocycles. The minimum atomic E-state index is 0.636. The van der Waals surface area contributed by atoms with Crippen LogP contribution >= 0.6 is 0 Å². The Bertz CT molecular complexity index is 217. The number of ether oxygens (including phenoxy) is 2. The van der Waals surface area contributed by atoms with Crippen molar-refractivity contribution in [2.45, 2.75) is 46.1 Å². The highest BCUT2D eigenvalue weighted by Crippen LogP contribution is 2.19. The van der Waals surface area contributed by atoms with Gasteiger partial charge in [-0.3, -0.25) is 4.90 Å². The molecule has 1 fully saturated rings. The molecule has 4 nitrogen and oxygen atoms in total. The average Bonchev–Trinajstić information content (AvgIpc) is 2.47. The van der Waals surface area contributed by atoms with Crippen molar-refractivity contribution < 1.29 is 9.47 Å². The molecule has 0 aliphatic carbocycles. The van der Waals surface area contributed by atoms with Gasteiger partial charge in [0.15, 0.2) is 0 Å². The molecule has 1 N–H and O–H groups in total. The minimum absolute atomic E-state index is 0.636. The summed E-state index contributed by atoms with van der Waals surface area (Å²) in [6.07, 6.45) is 3.97. The third kappa shape index (κ3) is 7.58. The Morgan fingerprint density at radius 2 is 1.70 bits per heavy atom. The van der Waals surface area contributed by atoms with E-state index >= 15 is 0 Å². The number of rotatable bonds is 11. The third-order valence-electron chi connectivity index (χ3n) is 4.17. The van der Waals surface area contributed by atoms with Crippen molar-refractivity contribution >= 4 is 0 Å². The van der Waals surface area contributed by atoms with E-state index in [1.54, 1.807) is 0 Å². The van der Waals surface area contributed by atoms with Gasteiger partial charge in [-0.2, -0.15) is 0 Å². The molecule has 4 heteroatoms. The number of nitrogens with zero attached hydrogens (tertiary/aromatic N) is 1. The van der Waals surface area contributed by atoms with Crippen molar-refractivity contribution in [2.24, 2.45) is 5.92 Å². The molecule has 0 amide bonds. The van der Waals surface area contributed by atoms with Crippen LogP contribution in [-0.4, -0.2) is 63.5 Å². The Morgan fingerprint density at radius 3 is 2.25 bits per heavy atom. The van der Waals surface area contributed by atoms with E-state index in [9.17, 15) is 0 Å². The van der Waals surface area contributed by atoms with Crippen molar-refractivity contribution in [1.29, 1.82) is 0 Å². The predicted octanol–water partition coefficient (Wildman–Crippen LogP) is 2.14. The first-order valence-electron chi connectivity index (χ1n) is 8.41. The molecule has 1 aliphatic rings. The van der Waals surface area contributed by atoms with Crippen LogP contribution in [0, 0.1) is 5.92 Å². The van der Waals surface area contributed by atoms with Gasteiger partial charge in [-0.1, -0.05) is 13.3 Å². The molecule has 2 atom stereocenters. The highest BCUT2D eigenvalue weighted by molar-refractivity contribution is 4.80. The van der Waals surface area contributed by atoms with Crippen molar-refractivity contribution in [3.63, 3.8) is 0 Å². The highest BCUT2D eigenvalue weighted by Gasteiger charge is 2.22. The van der Waals surface area contributed by atoms with Gasteiger partial charge in [0, 0.05) is 38.9 Å². The molecular weight excluding hydrogens is 252 g/mol. The Labute approximate surface area is 125 Å². The zero-order valence-electron chi connectivity index (χ0n) is 13.7. The minimum Gasteiger partial charge on any atom is -0.380 e. The molecular formula is C16H34N2O2. The third-order valence-corrected chi connectivity index (χ3v) is 4.17. The molecule has 0 spiro atoms. The second-order valence-electron chi connectivity index (χ2n) is 5.64. The first kappa shape index (κ1) is 17.9. The molecule has 0 radical (unpaired) electrons. The maximum Gasteiger partial charge on any atom is 0.0593 e. The zero-order chi connectivity index (χ0) is 14.6. The Balaban J connectivity index is 2.32. The molecule has 1 saturated heterocycles. The van der Waals surface area contributed by atoms with Crippen LogP contribution in [0.25, 0.3) is 0 Å². The van der Waals surface area contributed by atoms with Crippen LogP contribution in [0.15, 0.2) is 0 Å². The quantitative estimate of drug-likeness (QED) is 0.590. The summed E-state index contributed by atoms with van der Waals surface area (Å²) in [6.45, 7) is 14.0. The smallest absolute Gasteiger partial charge is 0.0593 e. The Kier molecular flexibility index (Phi) is 10.3. The monoisotopic (exact) mass is 286 g/mol. The predicted molar refractivity (Wildman–Crippen MR) is 84.2 cm³/mol. The summed E-state index contributed by atoms with van der Waals surface area (Å²) in [5.74, 6) is 0.905. The molecule has 0 aromatic rings. The van der Waals surface area contributed by atoms with E-state index in [-0.39, 0.29) is 0 Å². The fourth-order valence-corrected chi connectivity index (χ4v) is 2.89. The van der Waals surface area contributed by atoms with Crippen molar-refractivity contribution in [3.05, 3.63) is 0 Å². The molecule has 1 aliphatic heterocycles. The van der Waals surface area contributed by atoms with Crippen LogP contribution < -0.4 is 5.32 Å². The van der Waals surface area contributed by atoms with Gasteiger partial charge in [-0.05, 0) is 39.2 Å². The summed E-state index contributed by atoms with van der Waals surface area (Å²) in [7, 11) is 0. The van der Waals surface area contributed by atoms with Crippen LogP contribution in [0.5, 0.6) is 0 Å². The number of hydrogen-bond acceptors (Lipinski definition) is 4. The first-order valence-corrected chi connectivity index (χ1v) is 8.41. The summed E-state index contributed by atoms with van der Waals surface area (Å²) in [4.78, 5) is 2.49. The van der Waals surface area contributed by atoms with Gasteiger partial charge in [-0.15, -0.1) is 0 Å². The summed E-state index contributed by atoms with van der Waals surface area (Å²) in [5, 5.41) is 3.67. The summed E-state index contributed by atoms with van der Waals surface area (Å²) < 4.78 is 11.0. The van der Waals surface area contributed by atoms with Gasteiger partial charge >= 0.3 is 0 Å². The largest absolute Gasteiger partial charge is 0.380 e.